The third-order valence-electron chi connectivity index (χ3n) is 5.86. The zero-order valence-electron chi connectivity index (χ0n) is 16.2. The molecule has 4 rings (SSSR count). The summed E-state index contributed by atoms with van der Waals surface area (Å²) in [7, 11) is 1.62. The fourth-order valence-electron chi connectivity index (χ4n) is 4.01. The number of piperazine rings is 1. The molecule has 2 aromatic carbocycles. The second kappa shape index (κ2) is 8.05. The van der Waals surface area contributed by atoms with Crippen LogP contribution in [-0.2, 0) is 16.0 Å². The number of carbonyl (C=O) groups excluding carboxylic acids is 2. The Morgan fingerprint density at radius 2 is 1.89 bits per heavy atom. The van der Waals surface area contributed by atoms with E-state index >= 15 is 0 Å². The van der Waals surface area contributed by atoms with E-state index < -0.39 is 0 Å². The van der Waals surface area contributed by atoms with Crippen molar-refractivity contribution in [3.8, 4) is 5.75 Å². The summed E-state index contributed by atoms with van der Waals surface area (Å²) >= 11 is 0. The van der Waals surface area contributed by atoms with E-state index in [-0.39, 0.29) is 30.3 Å². The first-order valence-electron chi connectivity index (χ1n) is 9.94. The largest absolute Gasteiger partial charge is 0.497 e. The SMILES string of the molecule is COc1cccc(N2C[C@H](Cc3ccccc3)N(C(=O)C3CCC3)CC2=O)c1. The summed E-state index contributed by atoms with van der Waals surface area (Å²) in [6, 6.07) is 17.7. The number of ether oxygens (including phenoxy) is 1. The van der Waals surface area contributed by atoms with Gasteiger partial charge in [-0.1, -0.05) is 42.8 Å². The molecule has 2 aromatic rings. The maximum absolute atomic E-state index is 13.0. The van der Waals surface area contributed by atoms with Gasteiger partial charge < -0.3 is 14.5 Å². The molecule has 0 radical (unpaired) electrons. The minimum absolute atomic E-state index is 0.0283. The molecular formula is C23H26N2O3. The zero-order valence-corrected chi connectivity index (χ0v) is 16.2. The van der Waals surface area contributed by atoms with E-state index in [4.69, 9.17) is 4.74 Å². The van der Waals surface area contributed by atoms with Gasteiger partial charge in [0.25, 0.3) is 0 Å². The Hall–Kier alpha value is -2.82. The van der Waals surface area contributed by atoms with Crippen LogP contribution in [0.3, 0.4) is 0 Å². The number of nitrogens with zero attached hydrogens (tertiary/aromatic N) is 2. The third kappa shape index (κ3) is 3.75. The second-order valence-corrected chi connectivity index (χ2v) is 7.64. The van der Waals surface area contributed by atoms with Crippen molar-refractivity contribution < 1.29 is 14.3 Å². The number of rotatable bonds is 5. The highest BCUT2D eigenvalue weighted by Crippen LogP contribution is 2.31. The van der Waals surface area contributed by atoms with E-state index in [9.17, 15) is 9.59 Å². The van der Waals surface area contributed by atoms with Gasteiger partial charge in [-0.2, -0.15) is 0 Å². The standard InChI is InChI=1S/C23H26N2O3/c1-28-21-12-6-11-19(14-21)24-15-20(13-17-7-3-2-4-8-17)25(16-22(24)26)23(27)18-9-5-10-18/h2-4,6-8,11-12,14,18,20H,5,9-10,13,15-16H2,1H3/t20-/m0/s1. The molecule has 0 unspecified atom stereocenters. The van der Waals surface area contributed by atoms with Crippen molar-refractivity contribution in [1.29, 1.82) is 0 Å². The van der Waals surface area contributed by atoms with Crippen molar-refractivity contribution >= 4 is 17.5 Å². The van der Waals surface area contributed by atoms with Gasteiger partial charge in [0.2, 0.25) is 11.8 Å². The fourth-order valence-corrected chi connectivity index (χ4v) is 4.01. The Morgan fingerprint density at radius 3 is 2.57 bits per heavy atom. The van der Waals surface area contributed by atoms with Gasteiger partial charge in [0.15, 0.2) is 0 Å². The highest BCUT2D eigenvalue weighted by Gasteiger charge is 2.39. The summed E-state index contributed by atoms with van der Waals surface area (Å²) in [5, 5.41) is 0. The number of hydrogen-bond donors (Lipinski definition) is 0. The zero-order chi connectivity index (χ0) is 19.5. The van der Waals surface area contributed by atoms with Gasteiger partial charge in [0, 0.05) is 24.2 Å². The van der Waals surface area contributed by atoms with E-state index in [0.717, 1.165) is 37.1 Å². The average molecular weight is 378 g/mol. The monoisotopic (exact) mass is 378 g/mol. The van der Waals surface area contributed by atoms with Crippen molar-refractivity contribution in [2.75, 3.05) is 25.1 Å². The minimum atomic E-state index is -0.0368. The predicted molar refractivity (Wildman–Crippen MR) is 108 cm³/mol. The lowest BCUT2D eigenvalue weighted by Crippen LogP contribution is -2.60. The van der Waals surface area contributed by atoms with Crippen LogP contribution >= 0.6 is 0 Å². The van der Waals surface area contributed by atoms with Crippen molar-refractivity contribution in [3.05, 3.63) is 60.2 Å². The summed E-state index contributed by atoms with van der Waals surface area (Å²) in [6.45, 7) is 0.642. The number of carbonyl (C=O) groups is 2. The summed E-state index contributed by atoms with van der Waals surface area (Å²) in [4.78, 5) is 29.6. The van der Waals surface area contributed by atoms with Crippen LogP contribution in [0.5, 0.6) is 5.75 Å². The highest BCUT2D eigenvalue weighted by atomic mass is 16.5. The van der Waals surface area contributed by atoms with Crippen LogP contribution in [-0.4, -0.2) is 43.0 Å². The highest BCUT2D eigenvalue weighted by molar-refractivity contribution is 5.98. The molecule has 1 heterocycles. The quantitative estimate of drug-likeness (QED) is 0.802. The molecule has 0 bridgehead atoms. The molecule has 1 saturated carbocycles. The maximum Gasteiger partial charge on any atom is 0.246 e. The van der Waals surface area contributed by atoms with E-state index in [1.54, 1.807) is 12.0 Å². The first-order valence-corrected chi connectivity index (χ1v) is 9.94. The number of anilines is 1. The lowest BCUT2D eigenvalue weighted by atomic mass is 9.83. The minimum Gasteiger partial charge on any atom is -0.497 e. The van der Waals surface area contributed by atoms with Crippen molar-refractivity contribution in [3.63, 3.8) is 0 Å². The van der Waals surface area contributed by atoms with Gasteiger partial charge in [-0.05, 0) is 37.0 Å². The molecule has 0 spiro atoms. The molecular weight excluding hydrogens is 352 g/mol. The summed E-state index contributed by atoms with van der Waals surface area (Å²) in [5.74, 6) is 0.920. The molecule has 2 aliphatic rings. The van der Waals surface area contributed by atoms with Crippen molar-refractivity contribution in [2.24, 2.45) is 5.92 Å². The molecule has 1 atom stereocenters. The summed E-state index contributed by atoms with van der Waals surface area (Å²) in [5.41, 5.74) is 2.00. The molecule has 0 N–H and O–H groups in total. The average Bonchev–Trinajstić information content (AvgIpc) is 2.68. The van der Waals surface area contributed by atoms with Crippen molar-refractivity contribution in [2.45, 2.75) is 31.7 Å². The molecule has 0 aromatic heterocycles. The molecule has 1 aliphatic carbocycles. The Morgan fingerprint density at radius 1 is 1.11 bits per heavy atom. The van der Waals surface area contributed by atoms with Gasteiger partial charge in [-0.15, -0.1) is 0 Å². The number of amides is 2. The lowest BCUT2D eigenvalue weighted by molar-refractivity contribution is -0.145. The van der Waals surface area contributed by atoms with Crippen LogP contribution in [0.2, 0.25) is 0 Å². The molecule has 146 valence electrons. The third-order valence-corrected chi connectivity index (χ3v) is 5.86. The van der Waals surface area contributed by atoms with Crippen LogP contribution in [0.4, 0.5) is 5.69 Å². The Labute approximate surface area is 165 Å². The van der Waals surface area contributed by atoms with Crippen LogP contribution in [0.1, 0.15) is 24.8 Å². The smallest absolute Gasteiger partial charge is 0.246 e. The second-order valence-electron chi connectivity index (χ2n) is 7.64. The van der Waals surface area contributed by atoms with Gasteiger partial charge in [-0.25, -0.2) is 0 Å². The van der Waals surface area contributed by atoms with Crippen molar-refractivity contribution in [1.82, 2.24) is 4.90 Å². The molecule has 1 aliphatic heterocycles. The summed E-state index contributed by atoms with van der Waals surface area (Å²) < 4.78 is 5.31. The first kappa shape index (κ1) is 18.5. The Kier molecular flexibility index (Phi) is 5.33. The normalized spacial score (nSPS) is 20.0. The van der Waals surface area contributed by atoms with Crippen LogP contribution in [0, 0.1) is 5.92 Å². The lowest BCUT2D eigenvalue weighted by Gasteiger charge is -2.43. The van der Waals surface area contributed by atoms with E-state index in [2.05, 4.69) is 12.1 Å². The predicted octanol–water partition coefficient (Wildman–Crippen LogP) is 3.28. The number of benzene rings is 2. The molecule has 2 amide bonds. The van der Waals surface area contributed by atoms with E-state index in [0.29, 0.717) is 6.54 Å². The summed E-state index contributed by atoms with van der Waals surface area (Å²) in [6.07, 6.45) is 3.74. The topological polar surface area (TPSA) is 49.9 Å². The molecule has 5 nitrogen and oxygen atoms in total. The molecule has 28 heavy (non-hydrogen) atoms. The van der Waals surface area contributed by atoms with E-state index in [1.807, 2.05) is 47.4 Å². The Balaban J connectivity index is 1.60. The van der Waals surface area contributed by atoms with Crippen LogP contribution in [0.15, 0.2) is 54.6 Å². The van der Waals surface area contributed by atoms with Gasteiger partial charge in [-0.3, -0.25) is 9.59 Å². The number of hydrogen-bond acceptors (Lipinski definition) is 3. The van der Waals surface area contributed by atoms with Crippen LogP contribution < -0.4 is 9.64 Å². The van der Waals surface area contributed by atoms with Gasteiger partial charge in [0.05, 0.1) is 13.2 Å². The van der Waals surface area contributed by atoms with E-state index in [1.165, 1.54) is 5.56 Å². The fraction of sp³-hybridized carbons (Fsp3) is 0.391. The van der Waals surface area contributed by atoms with Gasteiger partial charge >= 0.3 is 0 Å². The van der Waals surface area contributed by atoms with Crippen LogP contribution in [0.25, 0.3) is 0 Å². The molecule has 2 fully saturated rings. The van der Waals surface area contributed by atoms with Gasteiger partial charge in [0.1, 0.15) is 12.3 Å². The first-order chi connectivity index (χ1) is 13.7. The maximum atomic E-state index is 13.0. The molecule has 5 heteroatoms. The molecule has 1 saturated heterocycles. The number of methoxy groups -OCH3 is 1. The Bertz CT molecular complexity index is 848.